The van der Waals surface area contributed by atoms with Gasteiger partial charge in [-0.1, -0.05) is 31.9 Å². The summed E-state index contributed by atoms with van der Waals surface area (Å²) in [5.41, 5.74) is 1.86. The molecule has 0 spiro atoms. The van der Waals surface area contributed by atoms with E-state index in [0.29, 0.717) is 11.0 Å². The fourth-order valence-corrected chi connectivity index (χ4v) is 3.00. The molecule has 0 bridgehead atoms. The second-order valence-electron chi connectivity index (χ2n) is 3.79. The lowest BCUT2D eigenvalue weighted by atomic mass is 10.0. The van der Waals surface area contributed by atoms with Crippen molar-refractivity contribution >= 4 is 59.4 Å². The van der Waals surface area contributed by atoms with E-state index in [4.69, 9.17) is 0 Å². The monoisotopic (exact) mass is 425 g/mol. The van der Waals surface area contributed by atoms with Crippen LogP contribution in [0.25, 0.3) is 0 Å². The Morgan fingerprint density at radius 1 is 1.41 bits per heavy atom. The standard InChI is InChI=1S/C11H10Br3NO2/c12-9-6-2-1-5-15(11(17)10(13)14)7(6)3-4-8(9)16/h3-4,10,16H,1-2,5H2. The van der Waals surface area contributed by atoms with E-state index in [0.717, 1.165) is 24.1 Å². The Morgan fingerprint density at radius 2 is 2.12 bits per heavy atom. The van der Waals surface area contributed by atoms with Crippen LogP contribution in [-0.2, 0) is 11.2 Å². The molecule has 1 heterocycles. The minimum atomic E-state index is -0.381. The highest BCUT2D eigenvalue weighted by Crippen LogP contribution is 2.38. The van der Waals surface area contributed by atoms with Gasteiger partial charge in [-0.2, -0.15) is 0 Å². The second-order valence-corrected chi connectivity index (χ2v) is 7.64. The van der Waals surface area contributed by atoms with E-state index in [1.165, 1.54) is 0 Å². The summed E-state index contributed by atoms with van der Waals surface area (Å²) in [6, 6.07) is 3.39. The molecule has 0 radical (unpaired) electrons. The van der Waals surface area contributed by atoms with Crippen molar-refractivity contribution in [2.24, 2.45) is 0 Å². The SMILES string of the molecule is O=C(C(Br)Br)N1CCCc2c1ccc(O)c2Br. The third-order valence-corrected chi connectivity index (χ3v) is 4.42. The molecule has 1 N–H and O–H groups in total. The lowest BCUT2D eigenvalue weighted by Gasteiger charge is -2.30. The van der Waals surface area contributed by atoms with Gasteiger partial charge in [-0.3, -0.25) is 4.79 Å². The first-order chi connectivity index (χ1) is 8.02. The van der Waals surface area contributed by atoms with Gasteiger partial charge in [-0.15, -0.1) is 0 Å². The number of fused-ring (bicyclic) bond motifs is 1. The number of phenolic OH excluding ortho intramolecular Hbond substituents is 1. The van der Waals surface area contributed by atoms with Crippen LogP contribution in [0.15, 0.2) is 16.6 Å². The maximum Gasteiger partial charge on any atom is 0.251 e. The molecular formula is C11H10Br3NO2. The van der Waals surface area contributed by atoms with Crippen molar-refractivity contribution in [3.05, 3.63) is 22.2 Å². The number of halogens is 3. The van der Waals surface area contributed by atoms with Crippen LogP contribution < -0.4 is 4.90 Å². The van der Waals surface area contributed by atoms with Gasteiger partial charge in [0.1, 0.15) is 9.49 Å². The van der Waals surface area contributed by atoms with Gasteiger partial charge in [0.15, 0.2) is 0 Å². The lowest BCUT2D eigenvalue weighted by Crippen LogP contribution is -2.38. The number of phenols is 1. The molecule has 0 atom stereocenters. The van der Waals surface area contributed by atoms with Gasteiger partial charge in [0.2, 0.25) is 0 Å². The third-order valence-electron chi connectivity index (χ3n) is 2.75. The highest BCUT2D eigenvalue weighted by atomic mass is 79.9. The van der Waals surface area contributed by atoms with E-state index >= 15 is 0 Å². The minimum Gasteiger partial charge on any atom is -0.507 e. The Morgan fingerprint density at radius 3 is 2.76 bits per heavy atom. The number of nitrogens with zero attached hydrogens (tertiary/aromatic N) is 1. The maximum absolute atomic E-state index is 12.0. The van der Waals surface area contributed by atoms with Gasteiger partial charge in [0.05, 0.1) is 4.47 Å². The molecule has 0 fully saturated rings. The van der Waals surface area contributed by atoms with Gasteiger partial charge >= 0.3 is 0 Å². The highest BCUT2D eigenvalue weighted by Gasteiger charge is 2.27. The van der Waals surface area contributed by atoms with Crippen LogP contribution in [0.5, 0.6) is 5.75 Å². The summed E-state index contributed by atoms with van der Waals surface area (Å²) in [6.07, 6.45) is 1.76. The summed E-state index contributed by atoms with van der Waals surface area (Å²) in [6.45, 7) is 0.705. The molecule has 1 aromatic carbocycles. The van der Waals surface area contributed by atoms with Crippen molar-refractivity contribution in [1.82, 2.24) is 0 Å². The molecule has 1 amide bonds. The predicted molar refractivity (Wildman–Crippen MR) is 78.1 cm³/mol. The molecule has 1 aliphatic heterocycles. The van der Waals surface area contributed by atoms with Gasteiger partial charge in [-0.25, -0.2) is 0 Å². The largest absolute Gasteiger partial charge is 0.507 e. The van der Waals surface area contributed by atoms with Crippen LogP contribution in [0, 0.1) is 0 Å². The van der Waals surface area contributed by atoms with Crippen LogP contribution in [0.4, 0.5) is 5.69 Å². The molecule has 17 heavy (non-hydrogen) atoms. The lowest BCUT2D eigenvalue weighted by molar-refractivity contribution is -0.116. The Bertz CT molecular complexity index is 462. The Labute approximate surface area is 125 Å². The number of rotatable bonds is 1. The van der Waals surface area contributed by atoms with Crippen molar-refractivity contribution in [3.63, 3.8) is 0 Å². The smallest absolute Gasteiger partial charge is 0.251 e. The van der Waals surface area contributed by atoms with Crippen molar-refractivity contribution in [1.29, 1.82) is 0 Å². The number of anilines is 1. The van der Waals surface area contributed by atoms with Crippen LogP contribution in [0.3, 0.4) is 0 Å². The van der Waals surface area contributed by atoms with Crippen molar-refractivity contribution in [2.45, 2.75) is 16.6 Å². The molecule has 2 rings (SSSR count). The summed E-state index contributed by atoms with van der Waals surface area (Å²) in [4.78, 5) is 13.7. The second kappa shape index (κ2) is 5.28. The van der Waals surface area contributed by atoms with E-state index < -0.39 is 0 Å². The number of benzene rings is 1. The van der Waals surface area contributed by atoms with E-state index in [1.54, 1.807) is 17.0 Å². The first kappa shape index (κ1) is 13.4. The third kappa shape index (κ3) is 2.53. The Kier molecular flexibility index (Phi) is 4.15. The van der Waals surface area contributed by atoms with Gasteiger partial charge < -0.3 is 10.0 Å². The van der Waals surface area contributed by atoms with Gasteiger partial charge in [0.25, 0.3) is 5.91 Å². The molecule has 0 aliphatic carbocycles. The molecule has 6 heteroatoms. The van der Waals surface area contributed by atoms with E-state index in [-0.39, 0.29) is 15.4 Å². The quantitative estimate of drug-likeness (QED) is 0.696. The zero-order valence-corrected chi connectivity index (χ0v) is 13.5. The molecule has 3 nitrogen and oxygen atoms in total. The van der Waals surface area contributed by atoms with Crippen LogP contribution >= 0.6 is 47.8 Å². The molecule has 1 aliphatic rings. The van der Waals surface area contributed by atoms with Gasteiger partial charge in [0, 0.05) is 12.2 Å². The number of alkyl halides is 2. The fraction of sp³-hybridized carbons (Fsp3) is 0.364. The summed E-state index contributed by atoms with van der Waals surface area (Å²) in [5.74, 6) is 0.191. The number of hydrogen-bond donors (Lipinski definition) is 1. The molecule has 1 aromatic rings. The molecule has 0 aromatic heterocycles. The zero-order valence-electron chi connectivity index (χ0n) is 8.79. The van der Waals surface area contributed by atoms with Crippen molar-refractivity contribution in [2.75, 3.05) is 11.4 Å². The van der Waals surface area contributed by atoms with E-state index in [1.807, 2.05) is 0 Å². The number of amides is 1. The number of aromatic hydroxyl groups is 1. The molecular weight excluding hydrogens is 418 g/mol. The molecule has 92 valence electrons. The summed E-state index contributed by atoms with van der Waals surface area (Å²) in [5, 5.41) is 9.64. The number of carbonyl (C=O) groups is 1. The number of carbonyl (C=O) groups excluding carboxylic acids is 1. The average Bonchev–Trinajstić information content (AvgIpc) is 2.32. The van der Waals surface area contributed by atoms with E-state index in [9.17, 15) is 9.90 Å². The predicted octanol–water partition coefficient (Wildman–Crippen LogP) is 3.55. The average molecular weight is 428 g/mol. The minimum absolute atomic E-state index is 0.0245. The molecule has 0 saturated heterocycles. The zero-order chi connectivity index (χ0) is 12.6. The summed E-state index contributed by atoms with van der Waals surface area (Å²) >= 11 is 9.82. The van der Waals surface area contributed by atoms with Crippen molar-refractivity contribution < 1.29 is 9.90 Å². The topological polar surface area (TPSA) is 40.5 Å². The van der Waals surface area contributed by atoms with Crippen molar-refractivity contribution in [3.8, 4) is 5.75 Å². The summed E-state index contributed by atoms with van der Waals surface area (Å²) < 4.78 is 0.307. The Balaban J connectivity index is 2.45. The van der Waals surface area contributed by atoms with E-state index in [2.05, 4.69) is 47.8 Å². The van der Waals surface area contributed by atoms with Crippen LogP contribution in [0.2, 0.25) is 0 Å². The highest BCUT2D eigenvalue weighted by molar-refractivity contribution is 9.25. The van der Waals surface area contributed by atoms with Gasteiger partial charge in [-0.05, 0) is 46.5 Å². The number of hydrogen-bond acceptors (Lipinski definition) is 2. The van der Waals surface area contributed by atoms with Crippen LogP contribution in [0.1, 0.15) is 12.0 Å². The van der Waals surface area contributed by atoms with Crippen LogP contribution in [-0.4, -0.2) is 21.3 Å². The maximum atomic E-state index is 12.0. The fourth-order valence-electron chi connectivity index (χ4n) is 1.97. The molecule has 0 saturated carbocycles. The molecule has 0 unspecified atom stereocenters. The normalized spacial score (nSPS) is 14.9. The first-order valence-electron chi connectivity index (χ1n) is 5.12. The first-order valence-corrected chi connectivity index (χ1v) is 7.74. The summed E-state index contributed by atoms with van der Waals surface area (Å²) in [7, 11) is 0. The Hall–Kier alpha value is -0.0700.